The van der Waals surface area contributed by atoms with E-state index in [4.69, 9.17) is 14.2 Å². The Kier molecular flexibility index (Phi) is 7.26. The number of pyridine rings is 1. The van der Waals surface area contributed by atoms with Crippen molar-refractivity contribution in [2.45, 2.75) is 34.2 Å². The zero-order valence-electron chi connectivity index (χ0n) is 15.8. The summed E-state index contributed by atoms with van der Waals surface area (Å²) in [6, 6.07) is 7.19. The summed E-state index contributed by atoms with van der Waals surface area (Å²) in [7, 11) is 0. The summed E-state index contributed by atoms with van der Waals surface area (Å²) >= 11 is 0. The highest BCUT2D eigenvalue weighted by atomic mass is 16.5. The molecular formula is C20H26N2O4. The van der Waals surface area contributed by atoms with Crippen molar-refractivity contribution >= 4 is 5.91 Å². The van der Waals surface area contributed by atoms with Crippen molar-refractivity contribution in [1.29, 1.82) is 0 Å². The average molecular weight is 358 g/mol. The highest BCUT2D eigenvalue weighted by Gasteiger charge is 2.18. The number of hydrogen-bond donors (Lipinski definition) is 1. The Labute approximate surface area is 154 Å². The van der Waals surface area contributed by atoms with E-state index in [9.17, 15) is 4.79 Å². The van der Waals surface area contributed by atoms with Gasteiger partial charge in [-0.25, -0.2) is 0 Å². The molecule has 1 aromatic heterocycles. The monoisotopic (exact) mass is 358 g/mol. The standard InChI is InChI=1S/C20H26N2O4/c1-5-24-17-11-15(12-18(25-6-2)19(17)26-7-3)20(23)22-13-16-14(4)9-8-10-21-16/h8-12H,5-7,13H2,1-4H3,(H,22,23). The van der Waals surface area contributed by atoms with Crippen LogP contribution in [0.25, 0.3) is 0 Å². The van der Waals surface area contributed by atoms with E-state index in [1.165, 1.54) is 0 Å². The van der Waals surface area contributed by atoms with Gasteiger partial charge >= 0.3 is 0 Å². The second kappa shape index (κ2) is 9.65. The third-order valence-electron chi connectivity index (χ3n) is 3.71. The molecule has 0 atom stereocenters. The smallest absolute Gasteiger partial charge is 0.251 e. The van der Waals surface area contributed by atoms with Gasteiger partial charge in [-0.15, -0.1) is 0 Å². The van der Waals surface area contributed by atoms with Gasteiger partial charge in [0.05, 0.1) is 32.1 Å². The summed E-state index contributed by atoms with van der Waals surface area (Å²) in [5.74, 6) is 1.30. The minimum atomic E-state index is -0.222. The molecule has 0 aliphatic rings. The van der Waals surface area contributed by atoms with Crippen LogP contribution in [0.4, 0.5) is 0 Å². The van der Waals surface area contributed by atoms with Crippen LogP contribution >= 0.6 is 0 Å². The van der Waals surface area contributed by atoms with Gasteiger partial charge in [0.1, 0.15) is 0 Å². The largest absolute Gasteiger partial charge is 0.490 e. The van der Waals surface area contributed by atoms with E-state index >= 15 is 0 Å². The Morgan fingerprint density at radius 1 is 1.04 bits per heavy atom. The number of aryl methyl sites for hydroxylation is 1. The van der Waals surface area contributed by atoms with E-state index < -0.39 is 0 Å². The summed E-state index contributed by atoms with van der Waals surface area (Å²) in [6.07, 6.45) is 1.71. The van der Waals surface area contributed by atoms with E-state index in [2.05, 4.69) is 10.3 Å². The molecule has 0 unspecified atom stereocenters. The van der Waals surface area contributed by atoms with Gasteiger partial charge in [0.15, 0.2) is 11.5 Å². The molecule has 0 spiro atoms. The topological polar surface area (TPSA) is 69.7 Å². The number of amides is 1. The zero-order chi connectivity index (χ0) is 18.9. The number of nitrogens with one attached hydrogen (secondary N) is 1. The molecule has 26 heavy (non-hydrogen) atoms. The van der Waals surface area contributed by atoms with Gasteiger partial charge in [-0.2, -0.15) is 0 Å². The van der Waals surface area contributed by atoms with Crippen LogP contribution in [0.5, 0.6) is 17.2 Å². The molecule has 2 rings (SSSR count). The van der Waals surface area contributed by atoms with Crippen molar-refractivity contribution in [3.05, 3.63) is 47.3 Å². The van der Waals surface area contributed by atoms with Gasteiger partial charge in [-0.3, -0.25) is 9.78 Å². The predicted octanol–water partition coefficient (Wildman–Crippen LogP) is 3.52. The van der Waals surface area contributed by atoms with Crippen molar-refractivity contribution in [3.8, 4) is 17.2 Å². The lowest BCUT2D eigenvalue weighted by Crippen LogP contribution is -2.24. The number of hydrogen-bond acceptors (Lipinski definition) is 5. The Bertz CT molecular complexity index is 719. The average Bonchev–Trinajstić information content (AvgIpc) is 2.63. The van der Waals surface area contributed by atoms with Gasteiger partial charge < -0.3 is 19.5 Å². The fourth-order valence-electron chi connectivity index (χ4n) is 2.49. The maximum atomic E-state index is 12.6. The normalized spacial score (nSPS) is 10.3. The molecule has 0 aliphatic carbocycles. The molecule has 1 N–H and O–H groups in total. The van der Waals surface area contributed by atoms with Crippen LogP contribution in [0, 0.1) is 6.92 Å². The van der Waals surface area contributed by atoms with Crippen LogP contribution < -0.4 is 19.5 Å². The first-order chi connectivity index (χ1) is 12.6. The molecule has 6 nitrogen and oxygen atoms in total. The molecule has 1 amide bonds. The Morgan fingerprint density at radius 3 is 2.19 bits per heavy atom. The van der Waals surface area contributed by atoms with Gasteiger partial charge in [0, 0.05) is 11.8 Å². The summed E-state index contributed by atoms with van der Waals surface area (Å²) in [6.45, 7) is 9.37. The molecule has 6 heteroatoms. The number of rotatable bonds is 9. The van der Waals surface area contributed by atoms with Crippen LogP contribution in [-0.4, -0.2) is 30.7 Å². The Morgan fingerprint density at radius 2 is 1.65 bits per heavy atom. The first kappa shape index (κ1) is 19.6. The van der Waals surface area contributed by atoms with E-state index in [-0.39, 0.29) is 5.91 Å². The highest BCUT2D eigenvalue weighted by molar-refractivity contribution is 5.95. The molecule has 140 valence electrons. The quantitative estimate of drug-likeness (QED) is 0.743. The number of nitrogens with zero attached hydrogens (tertiary/aromatic N) is 1. The van der Waals surface area contributed by atoms with Crippen LogP contribution in [0.3, 0.4) is 0 Å². The number of aromatic nitrogens is 1. The molecule has 0 saturated carbocycles. The molecule has 2 aromatic rings. The fourth-order valence-corrected chi connectivity index (χ4v) is 2.49. The van der Waals surface area contributed by atoms with Gasteiger partial charge in [0.2, 0.25) is 5.75 Å². The van der Waals surface area contributed by atoms with Crippen molar-refractivity contribution in [2.24, 2.45) is 0 Å². The van der Waals surface area contributed by atoms with Gasteiger partial charge in [-0.05, 0) is 51.5 Å². The molecule has 1 aromatic carbocycles. The van der Waals surface area contributed by atoms with Crippen molar-refractivity contribution in [3.63, 3.8) is 0 Å². The number of ether oxygens (including phenoxy) is 3. The second-order valence-corrected chi connectivity index (χ2v) is 5.55. The fraction of sp³-hybridized carbons (Fsp3) is 0.400. The van der Waals surface area contributed by atoms with Gasteiger partial charge in [0.25, 0.3) is 5.91 Å². The number of carbonyl (C=O) groups excluding carboxylic acids is 1. The van der Waals surface area contributed by atoms with Crippen molar-refractivity contribution in [1.82, 2.24) is 10.3 Å². The Balaban J connectivity index is 2.26. The minimum absolute atomic E-state index is 0.222. The van der Waals surface area contributed by atoms with E-state index in [1.807, 2.05) is 39.8 Å². The summed E-state index contributed by atoms with van der Waals surface area (Å²) in [5, 5.41) is 2.89. The molecule has 0 radical (unpaired) electrons. The maximum Gasteiger partial charge on any atom is 0.251 e. The highest BCUT2D eigenvalue weighted by Crippen LogP contribution is 2.39. The van der Waals surface area contributed by atoms with E-state index in [1.54, 1.807) is 18.3 Å². The first-order valence-corrected chi connectivity index (χ1v) is 8.85. The summed E-state index contributed by atoms with van der Waals surface area (Å²) in [4.78, 5) is 16.9. The number of carbonyl (C=O) groups is 1. The lowest BCUT2D eigenvalue weighted by molar-refractivity contribution is 0.0949. The van der Waals surface area contributed by atoms with Crippen LogP contribution in [0.2, 0.25) is 0 Å². The third kappa shape index (κ3) is 4.88. The lowest BCUT2D eigenvalue weighted by Gasteiger charge is -2.17. The molecular weight excluding hydrogens is 332 g/mol. The van der Waals surface area contributed by atoms with Gasteiger partial charge in [-0.1, -0.05) is 6.07 Å². The molecule has 0 bridgehead atoms. The third-order valence-corrected chi connectivity index (χ3v) is 3.71. The van der Waals surface area contributed by atoms with E-state index in [0.717, 1.165) is 11.3 Å². The predicted molar refractivity (Wildman–Crippen MR) is 100 cm³/mol. The summed E-state index contributed by atoms with van der Waals surface area (Å²) < 4.78 is 17.0. The molecule has 1 heterocycles. The molecule has 0 aliphatic heterocycles. The van der Waals surface area contributed by atoms with Crippen LogP contribution in [0.15, 0.2) is 30.5 Å². The SMILES string of the molecule is CCOc1cc(C(=O)NCc2ncccc2C)cc(OCC)c1OCC. The zero-order valence-corrected chi connectivity index (χ0v) is 15.8. The number of benzene rings is 1. The van der Waals surface area contributed by atoms with E-state index in [0.29, 0.717) is 49.2 Å². The molecule has 0 saturated heterocycles. The lowest BCUT2D eigenvalue weighted by atomic mass is 10.1. The van der Waals surface area contributed by atoms with Crippen LogP contribution in [-0.2, 0) is 6.54 Å². The molecule has 0 fully saturated rings. The Hall–Kier alpha value is -2.76. The maximum absolute atomic E-state index is 12.6. The second-order valence-electron chi connectivity index (χ2n) is 5.55. The van der Waals surface area contributed by atoms with Crippen LogP contribution in [0.1, 0.15) is 42.4 Å². The minimum Gasteiger partial charge on any atom is -0.490 e. The first-order valence-electron chi connectivity index (χ1n) is 8.85. The van der Waals surface area contributed by atoms with Crippen molar-refractivity contribution in [2.75, 3.05) is 19.8 Å². The van der Waals surface area contributed by atoms with Crippen molar-refractivity contribution < 1.29 is 19.0 Å². The summed E-state index contributed by atoms with van der Waals surface area (Å²) in [5.41, 5.74) is 2.32.